The Bertz CT molecular complexity index is 1020. The smallest absolute Gasteiger partial charge is 0.291 e. The van der Waals surface area contributed by atoms with Crippen LogP contribution in [-0.4, -0.2) is 11.7 Å². The first-order chi connectivity index (χ1) is 13.8. The lowest BCUT2D eigenvalue weighted by atomic mass is 10.0. The van der Waals surface area contributed by atoms with Gasteiger partial charge in [-0.05, 0) is 73.4 Å². The van der Waals surface area contributed by atoms with E-state index in [-0.39, 0.29) is 24.1 Å². The van der Waals surface area contributed by atoms with Crippen LogP contribution in [0.4, 0.5) is 5.69 Å². The van der Waals surface area contributed by atoms with Crippen molar-refractivity contribution < 1.29 is 18.7 Å². The highest BCUT2D eigenvalue weighted by atomic mass is 16.5. The molecular weight excluding hydrogens is 366 g/mol. The first kappa shape index (κ1) is 20.4. The molecule has 3 aromatic rings. The minimum absolute atomic E-state index is 0.0206. The molecule has 150 valence electrons. The maximum Gasteiger partial charge on any atom is 0.291 e. The first-order valence-electron chi connectivity index (χ1n) is 9.58. The third-order valence-corrected chi connectivity index (χ3v) is 4.60. The molecule has 5 nitrogen and oxygen atoms in total. The molecule has 0 aliphatic rings. The van der Waals surface area contributed by atoms with Gasteiger partial charge in [-0.15, -0.1) is 0 Å². The number of carbonyl (C=O) groups is 2. The van der Waals surface area contributed by atoms with Crippen LogP contribution < -0.4 is 10.1 Å². The average Bonchev–Trinajstić information content (AvgIpc) is 3.16. The lowest BCUT2D eigenvalue weighted by molar-refractivity contribution is 0.0990. The molecular formula is C24H25NO4. The Labute approximate surface area is 170 Å². The molecule has 2 aromatic carbocycles. The van der Waals surface area contributed by atoms with E-state index in [4.69, 9.17) is 9.15 Å². The molecule has 0 fully saturated rings. The molecule has 0 saturated carbocycles. The van der Waals surface area contributed by atoms with E-state index in [1.165, 1.54) is 6.92 Å². The highest BCUT2D eigenvalue weighted by Gasteiger charge is 2.14. The van der Waals surface area contributed by atoms with Gasteiger partial charge in [0.15, 0.2) is 11.5 Å². The summed E-state index contributed by atoms with van der Waals surface area (Å²) in [7, 11) is 0. The summed E-state index contributed by atoms with van der Waals surface area (Å²) in [6.07, 6.45) is 0. The number of hydrogen-bond donors (Lipinski definition) is 1. The largest absolute Gasteiger partial charge is 0.485 e. The summed E-state index contributed by atoms with van der Waals surface area (Å²) >= 11 is 0. The van der Waals surface area contributed by atoms with Gasteiger partial charge < -0.3 is 14.5 Å². The van der Waals surface area contributed by atoms with Crippen molar-refractivity contribution in [3.8, 4) is 5.75 Å². The van der Waals surface area contributed by atoms with Gasteiger partial charge in [-0.1, -0.05) is 26.0 Å². The average molecular weight is 391 g/mol. The van der Waals surface area contributed by atoms with Gasteiger partial charge in [0.05, 0.1) is 0 Å². The molecule has 1 heterocycles. The van der Waals surface area contributed by atoms with Crippen molar-refractivity contribution in [2.75, 3.05) is 5.32 Å². The van der Waals surface area contributed by atoms with Crippen LogP contribution in [0.5, 0.6) is 5.75 Å². The van der Waals surface area contributed by atoms with Crippen LogP contribution in [0.3, 0.4) is 0 Å². The Morgan fingerprint density at radius 1 is 1.03 bits per heavy atom. The molecule has 0 aliphatic carbocycles. The minimum Gasteiger partial charge on any atom is -0.485 e. The van der Waals surface area contributed by atoms with Crippen molar-refractivity contribution in [3.63, 3.8) is 0 Å². The zero-order valence-electron chi connectivity index (χ0n) is 17.1. The predicted octanol–water partition coefficient (Wildman–Crippen LogP) is 5.75. The number of ether oxygens (including phenoxy) is 1. The predicted molar refractivity (Wildman–Crippen MR) is 113 cm³/mol. The van der Waals surface area contributed by atoms with Crippen LogP contribution in [0.1, 0.15) is 64.5 Å². The summed E-state index contributed by atoms with van der Waals surface area (Å²) in [5.74, 6) is 1.56. The van der Waals surface area contributed by atoms with Gasteiger partial charge in [-0.3, -0.25) is 9.59 Å². The fourth-order valence-electron chi connectivity index (χ4n) is 2.95. The number of nitrogens with one attached hydrogen (secondary N) is 1. The van der Waals surface area contributed by atoms with E-state index in [1.807, 2.05) is 13.0 Å². The highest BCUT2D eigenvalue weighted by Crippen LogP contribution is 2.28. The summed E-state index contributed by atoms with van der Waals surface area (Å²) < 4.78 is 11.6. The van der Waals surface area contributed by atoms with Crippen LogP contribution in [0.15, 0.2) is 59.0 Å². The number of rotatable bonds is 7. The van der Waals surface area contributed by atoms with Crippen molar-refractivity contribution >= 4 is 17.4 Å². The number of aryl methyl sites for hydroxylation is 1. The monoisotopic (exact) mass is 391 g/mol. The fourth-order valence-corrected chi connectivity index (χ4v) is 2.95. The Kier molecular flexibility index (Phi) is 6.17. The summed E-state index contributed by atoms with van der Waals surface area (Å²) in [6.45, 7) is 8.01. The SMILES string of the molecule is CC(=O)c1ccc(NC(=O)c2ccc(COc3cc(C)ccc3C(C)C)o2)cc1. The molecule has 1 N–H and O–H groups in total. The molecule has 0 radical (unpaired) electrons. The van der Waals surface area contributed by atoms with E-state index in [9.17, 15) is 9.59 Å². The molecule has 0 spiro atoms. The van der Waals surface area contributed by atoms with E-state index < -0.39 is 0 Å². The normalized spacial score (nSPS) is 10.8. The maximum atomic E-state index is 12.4. The van der Waals surface area contributed by atoms with Gasteiger partial charge in [-0.2, -0.15) is 0 Å². The number of furan rings is 1. The van der Waals surface area contributed by atoms with Crippen molar-refractivity contribution in [1.82, 2.24) is 0 Å². The third kappa shape index (κ3) is 5.13. The van der Waals surface area contributed by atoms with E-state index in [0.717, 1.165) is 16.9 Å². The number of hydrogen-bond acceptors (Lipinski definition) is 4. The van der Waals surface area contributed by atoms with Gasteiger partial charge >= 0.3 is 0 Å². The van der Waals surface area contributed by atoms with Crippen molar-refractivity contribution in [1.29, 1.82) is 0 Å². The summed E-state index contributed by atoms with van der Waals surface area (Å²) in [4.78, 5) is 23.7. The summed E-state index contributed by atoms with van der Waals surface area (Å²) in [5.41, 5.74) is 3.45. The number of Topliss-reactive ketones (excluding diaryl/α,β-unsaturated/α-hetero) is 1. The van der Waals surface area contributed by atoms with Crippen molar-refractivity contribution in [2.45, 2.75) is 40.2 Å². The molecule has 0 aliphatic heterocycles. The Balaban J connectivity index is 1.64. The Morgan fingerprint density at radius 2 is 1.76 bits per heavy atom. The number of benzene rings is 2. The third-order valence-electron chi connectivity index (χ3n) is 4.60. The van der Waals surface area contributed by atoms with Crippen LogP contribution in [0.25, 0.3) is 0 Å². The zero-order chi connectivity index (χ0) is 21.0. The lowest BCUT2D eigenvalue weighted by Gasteiger charge is -2.14. The van der Waals surface area contributed by atoms with Crippen LogP contribution >= 0.6 is 0 Å². The molecule has 0 saturated heterocycles. The number of ketones is 1. The zero-order valence-corrected chi connectivity index (χ0v) is 17.1. The molecule has 0 bridgehead atoms. The van der Waals surface area contributed by atoms with E-state index in [0.29, 0.717) is 22.9 Å². The van der Waals surface area contributed by atoms with Gasteiger partial charge in [-0.25, -0.2) is 0 Å². The Hall–Kier alpha value is -3.34. The van der Waals surface area contributed by atoms with Crippen LogP contribution in [0.2, 0.25) is 0 Å². The second kappa shape index (κ2) is 8.78. The van der Waals surface area contributed by atoms with Crippen LogP contribution in [-0.2, 0) is 6.61 Å². The highest BCUT2D eigenvalue weighted by molar-refractivity contribution is 6.02. The second-order valence-electron chi connectivity index (χ2n) is 7.34. The molecule has 0 unspecified atom stereocenters. The van der Waals surface area contributed by atoms with Crippen molar-refractivity contribution in [3.05, 3.63) is 82.8 Å². The topological polar surface area (TPSA) is 68.5 Å². The maximum absolute atomic E-state index is 12.4. The van der Waals surface area contributed by atoms with Gasteiger partial charge in [0, 0.05) is 11.3 Å². The van der Waals surface area contributed by atoms with E-state index >= 15 is 0 Å². The van der Waals surface area contributed by atoms with Gasteiger partial charge in [0.2, 0.25) is 0 Å². The Morgan fingerprint density at radius 3 is 2.41 bits per heavy atom. The molecule has 5 heteroatoms. The first-order valence-corrected chi connectivity index (χ1v) is 9.58. The molecule has 0 atom stereocenters. The van der Waals surface area contributed by atoms with Gasteiger partial charge in [0.25, 0.3) is 5.91 Å². The summed E-state index contributed by atoms with van der Waals surface area (Å²) in [5, 5.41) is 2.76. The van der Waals surface area contributed by atoms with Crippen molar-refractivity contribution in [2.24, 2.45) is 0 Å². The van der Waals surface area contributed by atoms with E-state index in [1.54, 1.807) is 36.4 Å². The van der Waals surface area contributed by atoms with Crippen LogP contribution in [0, 0.1) is 6.92 Å². The standard InChI is InChI=1S/C24H25NO4/c1-15(2)21-11-5-16(3)13-23(21)28-14-20-10-12-22(29-20)24(27)25-19-8-6-18(7-9-19)17(4)26/h5-13,15H,14H2,1-4H3,(H,25,27). The summed E-state index contributed by atoms with van der Waals surface area (Å²) in [6, 6.07) is 16.2. The minimum atomic E-state index is -0.356. The molecule has 29 heavy (non-hydrogen) atoms. The molecule has 3 rings (SSSR count). The number of anilines is 1. The molecule has 1 aromatic heterocycles. The second-order valence-corrected chi connectivity index (χ2v) is 7.34. The van der Waals surface area contributed by atoms with E-state index in [2.05, 4.69) is 31.3 Å². The van der Waals surface area contributed by atoms with Gasteiger partial charge in [0.1, 0.15) is 18.1 Å². The number of carbonyl (C=O) groups excluding carboxylic acids is 2. The number of amides is 1. The molecule has 1 amide bonds. The fraction of sp³-hybridized carbons (Fsp3) is 0.250. The lowest BCUT2D eigenvalue weighted by Crippen LogP contribution is -2.11. The quantitative estimate of drug-likeness (QED) is 0.521.